The van der Waals surface area contributed by atoms with E-state index in [1.807, 2.05) is 6.07 Å². The fraction of sp³-hybridized carbons (Fsp3) is 0.727. The molecule has 84 valence electrons. The Morgan fingerprint density at radius 1 is 1.67 bits per heavy atom. The summed E-state index contributed by atoms with van der Waals surface area (Å²) in [5.74, 6) is 1.77. The van der Waals surface area contributed by atoms with Gasteiger partial charge >= 0.3 is 0 Å². The van der Waals surface area contributed by atoms with Crippen LogP contribution < -0.4 is 5.32 Å². The van der Waals surface area contributed by atoms with E-state index in [4.69, 9.17) is 4.52 Å². The van der Waals surface area contributed by atoms with Gasteiger partial charge in [-0.3, -0.25) is 4.90 Å². The zero-order valence-corrected chi connectivity index (χ0v) is 9.28. The van der Waals surface area contributed by atoms with E-state index < -0.39 is 0 Å². The Morgan fingerprint density at radius 3 is 3.33 bits per heavy atom. The van der Waals surface area contributed by atoms with Crippen LogP contribution in [0.5, 0.6) is 0 Å². The third-order valence-corrected chi connectivity index (χ3v) is 2.92. The minimum absolute atomic E-state index is 0.799. The number of aromatic nitrogens is 1. The first-order valence-corrected chi connectivity index (χ1v) is 5.71. The zero-order chi connectivity index (χ0) is 10.5. The van der Waals surface area contributed by atoms with E-state index in [2.05, 4.69) is 22.3 Å². The summed E-state index contributed by atoms with van der Waals surface area (Å²) in [6, 6.07) is 1.94. The Labute approximate surface area is 90.6 Å². The Kier molecular flexibility index (Phi) is 3.75. The zero-order valence-electron chi connectivity index (χ0n) is 9.28. The van der Waals surface area contributed by atoms with Crippen LogP contribution in [0.2, 0.25) is 0 Å². The Bertz CT molecular complexity index is 273. The van der Waals surface area contributed by atoms with Crippen LogP contribution in [0.25, 0.3) is 0 Å². The molecule has 1 saturated heterocycles. The summed E-state index contributed by atoms with van der Waals surface area (Å²) in [7, 11) is 0. The highest BCUT2D eigenvalue weighted by Gasteiger charge is 2.22. The van der Waals surface area contributed by atoms with Crippen molar-refractivity contribution in [1.29, 1.82) is 0 Å². The van der Waals surface area contributed by atoms with Crippen molar-refractivity contribution in [1.82, 2.24) is 15.4 Å². The molecule has 0 aromatic carbocycles. The first-order valence-electron chi connectivity index (χ1n) is 5.71. The van der Waals surface area contributed by atoms with Crippen molar-refractivity contribution in [2.75, 3.05) is 26.2 Å². The maximum atomic E-state index is 5.10. The van der Waals surface area contributed by atoms with Gasteiger partial charge in [0, 0.05) is 12.6 Å². The molecule has 2 heterocycles. The third kappa shape index (κ3) is 3.04. The molecule has 1 aliphatic rings. The molecule has 0 aliphatic carbocycles. The van der Waals surface area contributed by atoms with Crippen LogP contribution >= 0.6 is 0 Å². The van der Waals surface area contributed by atoms with Gasteiger partial charge in [0.05, 0.1) is 12.7 Å². The molecule has 1 fully saturated rings. The number of rotatable bonds is 5. The topological polar surface area (TPSA) is 41.3 Å². The van der Waals surface area contributed by atoms with E-state index in [0.717, 1.165) is 31.3 Å². The highest BCUT2D eigenvalue weighted by Crippen LogP contribution is 2.17. The van der Waals surface area contributed by atoms with Gasteiger partial charge in [-0.1, -0.05) is 12.1 Å². The molecule has 1 aromatic rings. The SMILES string of the molecule is CCNCC1CCN(Cc2ccno2)C1. The minimum Gasteiger partial charge on any atom is -0.360 e. The first-order chi connectivity index (χ1) is 7.38. The molecule has 1 aromatic heterocycles. The van der Waals surface area contributed by atoms with E-state index in [0.29, 0.717) is 0 Å². The quantitative estimate of drug-likeness (QED) is 0.788. The molecule has 15 heavy (non-hydrogen) atoms. The van der Waals surface area contributed by atoms with Crippen LogP contribution in [0.1, 0.15) is 19.1 Å². The average Bonchev–Trinajstić information content (AvgIpc) is 2.87. The average molecular weight is 209 g/mol. The summed E-state index contributed by atoms with van der Waals surface area (Å²) in [5.41, 5.74) is 0. The van der Waals surface area contributed by atoms with Gasteiger partial charge in [-0.2, -0.15) is 0 Å². The van der Waals surface area contributed by atoms with Gasteiger partial charge in [-0.25, -0.2) is 0 Å². The number of hydrogen-bond donors (Lipinski definition) is 1. The molecule has 0 amide bonds. The fourth-order valence-corrected chi connectivity index (χ4v) is 2.12. The molecule has 4 nitrogen and oxygen atoms in total. The van der Waals surface area contributed by atoms with E-state index >= 15 is 0 Å². The van der Waals surface area contributed by atoms with Gasteiger partial charge in [0.1, 0.15) is 0 Å². The maximum absolute atomic E-state index is 5.10. The van der Waals surface area contributed by atoms with Crippen LogP contribution in [0.4, 0.5) is 0 Å². The van der Waals surface area contributed by atoms with Gasteiger partial charge in [-0.15, -0.1) is 0 Å². The van der Waals surface area contributed by atoms with Crippen molar-refractivity contribution >= 4 is 0 Å². The van der Waals surface area contributed by atoms with Gasteiger partial charge < -0.3 is 9.84 Å². The molecular formula is C11H19N3O. The lowest BCUT2D eigenvalue weighted by Crippen LogP contribution is -2.26. The molecule has 2 rings (SSSR count). The molecule has 4 heteroatoms. The molecule has 1 N–H and O–H groups in total. The third-order valence-electron chi connectivity index (χ3n) is 2.92. The summed E-state index contributed by atoms with van der Waals surface area (Å²) >= 11 is 0. The van der Waals surface area contributed by atoms with E-state index in [1.165, 1.54) is 19.5 Å². The van der Waals surface area contributed by atoms with Gasteiger partial charge in [0.25, 0.3) is 0 Å². The second-order valence-corrected chi connectivity index (χ2v) is 4.18. The van der Waals surface area contributed by atoms with Crippen molar-refractivity contribution in [2.45, 2.75) is 19.9 Å². The maximum Gasteiger partial charge on any atom is 0.150 e. The lowest BCUT2D eigenvalue weighted by Gasteiger charge is -2.14. The van der Waals surface area contributed by atoms with E-state index in [1.54, 1.807) is 6.20 Å². The number of likely N-dealkylation sites (tertiary alicyclic amines) is 1. The number of nitrogens with one attached hydrogen (secondary N) is 1. The largest absolute Gasteiger partial charge is 0.360 e. The van der Waals surface area contributed by atoms with Crippen LogP contribution in [0.15, 0.2) is 16.8 Å². The summed E-state index contributed by atoms with van der Waals surface area (Å²) in [6.07, 6.45) is 3.00. The smallest absolute Gasteiger partial charge is 0.150 e. The second kappa shape index (κ2) is 5.28. The molecule has 0 bridgehead atoms. The van der Waals surface area contributed by atoms with Crippen molar-refractivity contribution < 1.29 is 4.52 Å². The summed E-state index contributed by atoms with van der Waals surface area (Å²) in [6.45, 7) is 7.62. The molecule has 0 saturated carbocycles. The molecule has 1 unspecified atom stereocenters. The van der Waals surface area contributed by atoms with E-state index in [9.17, 15) is 0 Å². The van der Waals surface area contributed by atoms with Crippen molar-refractivity contribution in [3.05, 3.63) is 18.0 Å². The predicted molar refractivity (Wildman–Crippen MR) is 58.4 cm³/mol. The van der Waals surface area contributed by atoms with Crippen LogP contribution in [-0.2, 0) is 6.54 Å². The Hall–Kier alpha value is -0.870. The normalized spacial score (nSPS) is 22.3. The van der Waals surface area contributed by atoms with Crippen LogP contribution in [0.3, 0.4) is 0 Å². The minimum atomic E-state index is 0.799. The lowest BCUT2D eigenvalue weighted by atomic mass is 10.1. The number of nitrogens with zero attached hydrogens (tertiary/aromatic N) is 2. The van der Waals surface area contributed by atoms with Gasteiger partial charge in [0.15, 0.2) is 5.76 Å². The standard InChI is InChI=1S/C11H19N3O/c1-2-12-7-10-4-6-14(8-10)9-11-3-5-13-15-11/h3,5,10,12H,2,4,6-9H2,1H3. The van der Waals surface area contributed by atoms with Crippen molar-refractivity contribution in [3.8, 4) is 0 Å². The van der Waals surface area contributed by atoms with Crippen molar-refractivity contribution in [2.24, 2.45) is 5.92 Å². The first kappa shape index (κ1) is 10.6. The molecule has 1 aliphatic heterocycles. The predicted octanol–water partition coefficient (Wildman–Crippen LogP) is 1.11. The molecule has 0 spiro atoms. The molecule has 0 radical (unpaired) electrons. The highest BCUT2D eigenvalue weighted by molar-refractivity contribution is 4.93. The summed E-state index contributed by atoms with van der Waals surface area (Å²) in [5, 5.41) is 7.13. The molecule has 1 atom stereocenters. The van der Waals surface area contributed by atoms with Gasteiger partial charge in [0.2, 0.25) is 0 Å². The van der Waals surface area contributed by atoms with Crippen molar-refractivity contribution in [3.63, 3.8) is 0 Å². The molecular weight excluding hydrogens is 190 g/mol. The summed E-state index contributed by atoms with van der Waals surface area (Å²) < 4.78 is 5.10. The monoisotopic (exact) mass is 209 g/mol. The fourth-order valence-electron chi connectivity index (χ4n) is 2.12. The Balaban J connectivity index is 1.73. The van der Waals surface area contributed by atoms with Gasteiger partial charge in [-0.05, 0) is 32.0 Å². The summed E-state index contributed by atoms with van der Waals surface area (Å²) in [4.78, 5) is 2.43. The highest BCUT2D eigenvalue weighted by atomic mass is 16.5. The van der Waals surface area contributed by atoms with E-state index in [-0.39, 0.29) is 0 Å². The van der Waals surface area contributed by atoms with Crippen LogP contribution in [-0.4, -0.2) is 36.2 Å². The lowest BCUT2D eigenvalue weighted by molar-refractivity contribution is 0.265. The number of hydrogen-bond acceptors (Lipinski definition) is 4. The van der Waals surface area contributed by atoms with Crippen LogP contribution in [0, 0.1) is 5.92 Å². The Morgan fingerprint density at radius 2 is 2.60 bits per heavy atom. The second-order valence-electron chi connectivity index (χ2n) is 4.18.